The first-order valence-corrected chi connectivity index (χ1v) is 6.60. The summed E-state index contributed by atoms with van der Waals surface area (Å²) in [4.78, 5) is 9.05. The van der Waals surface area contributed by atoms with E-state index in [-0.39, 0.29) is 0 Å². The molecule has 1 aliphatic carbocycles. The number of furan rings is 1. The molecule has 1 fully saturated rings. The van der Waals surface area contributed by atoms with Crippen LogP contribution in [-0.2, 0) is 6.54 Å². The second kappa shape index (κ2) is 4.91. The molecule has 2 aromatic rings. The number of aryl methyl sites for hydroxylation is 1. The first-order chi connectivity index (χ1) is 9.24. The van der Waals surface area contributed by atoms with Gasteiger partial charge < -0.3 is 15.1 Å². The van der Waals surface area contributed by atoms with E-state index in [4.69, 9.17) is 4.42 Å². The largest absolute Gasteiger partial charge is 0.465 e. The third kappa shape index (κ3) is 2.86. The van der Waals surface area contributed by atoms with Crippen molar-refractivity contribution < 1.29 is 4.42 Å². The summed E-state index contributed by atoms with van der Waals surface area (Å²) in [6.07, 6.45) is 2.40. The van der Waals surface area contributed by atoms with Crippen LogP contribution in [0, 0.1) is 6.92 Å². The predicted octanol–water partition coefficient (Wildman–Crippen LogP) is 2.91. The van der Waals surface area contributed by atoms with Gasteiger partial charge in [-0.05, 0) is 31.9 Å². The fourth-order valence-electron chi connectivity index (χ4n) is 1.97. The normalized spacial score (nSPS) is 14.4. The van der Waals surface area contributed by atoms with Crippen LogP contribution in [0.1, 0.15) is 36.1 Å². The van der Waals surface area contributed by atoms with Crippen molar-refractivity contribution in [2.24, 2.45) is 0 Å². The van der Waals surface area contributed by atoms with E-state index < -0.39 is 0 Å². The van der Waals surface area contributed by atoms with Gasteiger partial charge in [-0.25, -0.2) is 9.97 Å². The lowest BCUT2D eigenvalue weighted by Gasteiger charge is -2.08. The second-order valence-electron chi connectivity index (χ2n) is 4.89. The van der Waals surface area contributed by atoms with E-state index in [0.717, 1.165) is 29.0 Å². The van der Waals surface area contributed by atoms with E-state index in [9.17, 15) is 0 Å². The van der Waals surface area contributed by atoms with Gasteiger partial charge in [-0.15, -0.1) is 0 Å². The van der Waals surface area contributed by atoms with Crippen LogP contribution in [0.25, 0.3) is 0 Å². The van der Waals surface area contributed by atoms with Gasteiger partial charge in [0.05, 0.1) is 6.54 Å². The van der Waals surface area contributed by atoms with Gasteiger partial charge in [0, 0.05) is 19.0 Å². The molecule has 100 valence electrons. The van der Waals surface area contributed by atoms with Crippen molar-refractivity contribution in [2.75, 3.05) is 17.7 Å². The highest BCUT2D eigenvalue weighted by atomic mass is 16.3. The maximum absolute atomic E-state index is 5.53. The molecule has 2 N–H and O–H groups in total. The minimum Gasteiger partial charge on any atom is -0.465 e. The molecule has 2 heterocycles. The van der Waals surface area contributed by atoms with Crippen LogP contribution < -0.4 is 10.6 Å². The van der Waals surface area contributed by atoms with Gasteiger partial charge >= 0.3 is 0 Å². The number of hydrogen-bond donors (Lipinski definition) is 2. The molecule has 0 unspecified atom stereocenters. The van der Waals surface area contributed by atoms with Crippen LogP contribution in [-0.4, -0.2) is 17.0 Å². The molecule has 5 heteroatoms. The molecule has 0 atom stereocenters. The molecule has 0 saturated heterocycles. The van der Waals surface area contributed by atoms with Crippen LogP contribution in [0.2, 0.25) is 0 Å². The summed E-state index contributed by atoms with van der Waals surface area (Å²) in [5.74, 6) is 5.01. The monoisotopic (exact) mass is 258 g/mol. The zero-order chi connectivity index (χ0) is 13.2. The fraction of sp³-hybridized carbons (Fsp3) is 0.429. The topological polar surface area (TPSA) is 63.0 Å². The van der Waals surface area contributed by atoms with Crippen LogP contribution in [0.5, 0.6) is 0 Å². The second-order valence-corrected chi connectivity index (χ2v) is 4.89. The summed E-state index contributed by atoms with van der Waals surface area (Å²) in [7, 11) is 1.87. The molecule has 0 aromatic carbocycles. The van der Waals surface area contributed by atoms with E-state index in [2.05, 4.69) is 20.6 Å². The van der Waals surface area contributed by atoms with Gasteiger partial charge in [0.25, 0.3) is 0 Å². The molecule has 2 aromatic heterocycles. The average molecular weight is 258 g/mol. The molecule has 3 rings (SSSR count). The molecule has 0 bridgehead atoms. The first kappa shape index (κ1) is 12.0. The number of hydrogen-bond acceptors (Lipinski definition) is 5. The number of aromatic nitrogens is 2. The Kier molecular flexibility index (Phi) is 3.11. The van der Waals surface area contributed by atoms with E-state index in [1.165, 1.54) is 12.8 Å². The van der Waals surface area contributed by atoms with Gasteiger partial charge in [-0.2, -0.15) is 0 Å². The van der Waals surface area contributed by atoms with Gasteiger partial charge in [0.1, 0.15) is 29.0 Å². The summed E-state index contributed by atoms with van der Waals surface area (Å²) >= 11 is 0. The highest BCUT2D eigenvalue weighted by Gasteiger charge is 2.27. The Morgan fingerprint density at radius 2 is 2.05 bits per heavy atom. The van der Waals surface area contributed by atoms with Crippen molar-refractivity contribution in [1.82, 2.24) is 9.97 Å². The van der Waals surface area contributed by atoms with Crippen LogP contribution in [0.15, 0.2) is 22.6 Å². The van der Waals surface area contributed by atoms with Crippen LogP contribution in [0.3, 0.4) is 0 Å². The fourth-order valence-corrected chi connectivity index (χ4v) is 1.97. The zero-order valence-electron chi connectivity index (χ0n) is 11.2. The lowest BCUT2D eigenvalue weighted by atomic mass is 10.3. The van der Waals surface area contributed by atoms with Crippen LogP contribution in [0.4, 0.5) is 11.6 Å². The van der Waals surface area contributed by atoms with Gasteiger partial charge in [-0.3, -0.25) is 0 Å². The van der Waals surface area contributed by atoms with Gasteiger partial charge in [0.2, 0.25) is 0 Å². The standard InChI is InChI=1S/C14H18N4O/c1-9-3-6-11(19-9)8-16-13-7-12(15-2)17-14(18-13)10-4-5-10/h3,6-7,10H,4-5,8H2,1-2H3,(H2,15,16,17,18). The minimum atomic E-state index is 0.541. The maximum atomic E-state index is 5.53. The van der Waals surface area contributed by atoms with Crippen LogP contribution >= 0.6 is 0 Å². The lowest BCUT2D eigenvalue weighted by Crippen LogP contribution is -2.05. The lowest BCUT2D eigenvalue weighted by molar-refractivity contribution is 0.490. The summed E-state index contributed by atoms with van der Waals surface area (Å²) in [5.41, 5.74) is 0. The molecule has 1 saturated carbocycles. The van der Waals surface area contributed by atoms with Crippen molar-refractivity contribution in [3.63, 3.8) is 0 Å². The summed E-state index contributed by atoms with van der Waals surface area (Å²) in [6.45, 7) is 2.58. The van der Waals surface area contributed by atoms with Crippen molar-refractivity contribution in [3.8, 4) is 0 Å². The molecular weight excluding hydrogens is 240 g/mol. The highest BCUT2D eigenvalue weighted by molar-refractivity contribution is 5.48. The van der Waals surface area contributed by atoms with Crippen molar-refractivity contribution in [3.05, 3.63) is 35.5 Å². The predicted molar refractivity (Wildman–Crippen MR) is 74.3 cm³/mol. The van der Waals surface area contributed by atoms with Crippen molar-refractivity contribution in [2.45, 2.75) is 32.2 Å². The SMILES string of the molecule is CNc1cc(NCc2ccc(C)o2)nc(C2CC2)n1. The van der Waals surface area contributed by atoms with Gasteiger partial charge in [0.15, 0.2) is 0 Å². The average Bonchev–Trinajstić information content (AvgIpc) is 3.19. The number of anilines is 2. The Hall–Kier alpha value is -2.04. The molecule has 0 spiro atoms. The zero-order valence-corrected chi connectivity index (χ0v) is 11.2. The third-order valence-corrected chi connectivity index (χ3v) is 3.18. The Balaban J connectivity index is 1.74. The Labute approximate surface area is 112 Å². The molecular formula is C14H18N4O. The third-order valence-electron chi connectivity index (χ3n) is 3.18. The number of rotatable bonds is 5. The number of nitrogens with zero attached hydrogens (tertiary/aromatic N) is 2. The van der Waals surface area contributed by atoms with E-state index >= 15 is 0 Å². The first-order valence-electron chi connectivity index (χ1n) is 6.60. The van der Waals surface area contributed by atoms with E-state index in [1.807, 2.05) is 32.2 Å². The molecule has 0 aliphatic heterocycles. The molecule has 0 radical (unpaired) electrons. The summed E-state index contributed by atoms with van der Waals surface area (Å²) < 4.78 is 5.53. The number of nitrogens with one attached hydrogen (secondary N) is 2. The quantitative estimate of drug-likeness (QED) is 0.863. The van der Waals surface area contributed by atoms with Crippen molar-refractivity contribution >= 4 is 11.6 Å². The molecule has 5 nitrogen and oxygen atoms in total. The maximum Gasteiger partial charge on any atom is 0.136 e. The Morgan fingerprint density at radius 3 is 2.68 bits per heavy atom. The smallest absolute Gasteiger partial charge is 0.136 e. The summed E-state index contributed by atoms with van der Waals surface area (Å²) in [6, 6.07) is 5.86. The highest BCUT2D eigenvalue weighted by Crippen LogP contribution is 2.38. The molecule has 0 amide bonds. The molecule has 19 heavy (non-hydrogen) atoms. The van der Waals surface area contributed by atoms with E-state index in [0.29, 0.717) is 12.5 Å². The molecule has 1 aliphatic rings. The minimum absolute atomic E-state index is 0.541. The van der Waals surface area contributed by atoms with E-state index in [1.54, 1.807) is 0 Å². The van der Waals surface area contributed by atoms with Gasteiger partial charge in [-0.1, -0.05) is 0 Å². The summed E-state index contributed by atoms with van der Waals surface area (Å²) in [5, 5.41) is 6.37. The Morgan fingerprint density at radius 1 is 1.26 bits per heavy atom. The van der Waals surface area contributed by atoms with Crippen molar-refractivity contribution in [1.29, 1.82) is 0 Å². The Bertz CT molecular complexity index is 575.